The lowest BCUT2D eigenvalue weighted by atomic mass is 9.92. The molecule has 0 radical (unpaired) electrons. The van der Waals surface area contributed by atoms with Gasteiger partial charge in [0.2, 0.25) is 0 Å². The number of allylic oxidation sites excluding steroid dienone is 2. The Balaban J connectivity index is 0.000000133. The summed E-state index contributed by atoms with van der Waals surface area (Å²) in [6.45, 7) is 0. The molecule has 28 heavy (non-hydrogen) atoms. The molecule has 0 aliphatic heterocycles. The van der Waals surface area contributed by atoms with Gasteiger partial charge in [0.1, 0.15) is 0 Å². The lowest BCUT2D eigenvalue weighted by molar-refractivity contribution is 0.104. The maximum Gasteiger partial charge on any atom is 0.186 e. The first-order valence-corrected chi connectivity index (χ1v) is 9.22. The molecule has 0 saturated carbocycles. The Bertz CT molecular complexity index is 1250. The molecular weight excluding hydrogens is 344 g/mol. The van der Waals surface area contributed by atoms with Crippen LogP contribution in [0.3, 0.4) is 0 Å². The van der Waals surface area contributed by atoms with Gasteiger partial charge in [-0.15, -0.1) is 0 Å². The number of rotatable bonds is 0. The third-order valence-corrected chi connectivity index (χ3v) is 5.28. The average molecular weight is 364 g/mol. The molecule has 4 aromatic rings. The normalized spacial score (nSPS) is 13.1. The van der Waals surface area contributed by atoms with Crippen molar-refractivity contribution < 1.29 is 10.3 Å². The Hall–Kier alpha value is -3.49. The number of hydrogen-bond acceptors (Lipinski definition) is 1. The van der Waals surface area contributed by atoms with E-state index < -0.39 is 0 Å². The standard InChI is InChI=1S/C13H8O.C13H10.H2O/c14-12-8-7-10-4-1-3-9-5-2-6-11(12)13(9)10;1-4-10-6-2-8-12-9-3-7-11(5-1)13(10)12;/h1-8H;1-8H,9H2;1H2. The molecule has 0 saturated heterocycles. The van der Waals surface area contributed by atoms with Crippen molar-refractivity contribution in [2.75, 3.05) is 0 Å². The van der Waals surface area contributed by atoms with Gasteiger partial charge in [-0.25, -0.2) is 0 Å². The molecule has 0 heterocycles. The summed E-state index contributed by atoms with van der Waals surface area (Å²) in [5.41, 5.74) is 4.77. The quantitative estimate of drug-likeness (QED) is 0.399. The van der Waals surface area contributed by atoms with E-state index in [0.29, 0.717) is 0 Å². The summed E-state index contributed by atoms with van der Waals surface area (Å²) in [4.78, 5) is 11.6. The van der Waals surface area contributed by atoms with Crippen LogP contribution in [0.5, 0.6) is 0 Å². The van der Waals surface area contributed by atoms with Gasteiger partial charge in [-0.1, -0.05) is 91.0 Å². The summed E-state index contributed by atoms with van der Waals surface area (Å²) in [5.74, 6) is 0.106. The minimum atomic E-state index is 0. The zero-order valence-electron chi connectivity index (χ0n) is 15.4. The first kappa shape index (κ1) is 17.9. The van der Waals surface area contributed by atoms with E-state index in [9.17, 15) is 4.79 Å². The predicted molar refractivity (Wildman–Crippen MR) is 118 cm³/mol. The van der Waals surface area contributed by atoms with Gasteiger partial charge < -0.3 is 5.48 Å². The highest BCUT2D eigenvalue weighted by Gasteiger charge is 2.13. The Kier molecular flexibility index (Phi) is 4.64. The Morgan fingerprint density at radius 3 is 1.96 bits per heavy atom. The van der Waals surface area contributed by atoms with Crippen molar-refractivity contribution in [2.45, 2.75) is 6.42 Å². The van der Waals surface area contributed by atoms with E-state index in [1.807, 2.05) is 42.5 Å². The van der Waals surface area contributed by atoms with Crippen molar-refractivity contribution >= 4 is 39.5 Å². The third-order valence-electron chi connectivity index (χ3n) is 5.28. The van der Waals surface area contributed by atoms with Crippen LogP contribution in [0.15, 0.2) is 84.9 Å². The van der Waals surface area contributed by atoms with Gasteiger partial charge in [0.15, 0.2) is 5.78 Å². The summed E-state index contributed by atoms with van der Waals surface area (Å²) >= 11 is 0. The van der Waals surface area contributed by atoms with Crippen LogP contribution in [-0.4, -0.2) is 11.3 Å². The van der Waals surface area contributed by atoms with E-state index in [1.165, 1.54) is 21.9 Å². The second-order valence-electron chi connectivity index (χ2n) is 6.92. The first-order chi connectivity index (χ1) is 13.3. The van der Waals surface area contributed by atoms with Crippen molar-refractivity contribution in [3.8, 4) is 0 Å². The van der Waals surface area contributed by atoms with Gasteiger partial charge in [-0.3, -0.25) is 4.79 Å². The Morgan fingerprint density at radius 2 is 1.21 bits per heavy atom. The molecule has 0 amide bonds. The molecule has 0 aromatic heterocycles. The molecule has 0 bridgehead atoms. The van der Waals surface area contributed by atoms with Gasteiger partial charge in [0, 0.05) is 10.9 Å². The highest BCUT2D eigenvalue weighted by atomic mass is 16.1. The van der Waals surface area contributed by atoms with Crippen LogP contribution in [0.4, 0.5) is 0 Å². The number of hydrogen-bond donors (Lipinski definition) is 0. The number of benzene rings is 4. The first-order valence-electron chi connectivity index (χ1n) is 9.22. The van der Waals surface area contributed by atoms with E-state index in [4.69, 9.17) is 0 Å². The molecule has 6 rings (SSSR count). The maximum atomic E-state index is 11.6. The summed E-state index contributed by atoms with van der Waals surface area (Å²) < 4.78 is 0. The molecule has 4 aromatic carbocycles. The van der Waals surface area contributed by atoms with Crippen molar-refractivity contribution in [1.82, 2.24) is 0 Å². The number of carbonyl (C=O) groups excluding carboxylic acids is 1. The SMILES string of the molecule is C1=Cc2cccc3cccc(c23)C1.O.O=C1C=Cc2cccc3cccc1c23. The van der Waals surface area contributed by atoms with Crippen LogP contribution in [-0.2, 0) is 6.42 Å². The van der Waals surface area contributed by atoms with Crippen molar-refractivity contribution in [2.24, 2.45) is 0 Å². The largest absolute Gasteiger partial charge is 0.412 e. The van der Waals surface area contributed by atoms with Gasteiger partial charge in [-0.05, 0) is 45.3 Å². The number of ketones is 1. The van der Waals surface area contributed by atoms with Gasteiger partial charge >= 0.3 is 0 Å². The molecular formula is C26H20O2. The zero-order chi connectivity index (χ0) is 18.2. The molecule has 0 spiro atoms. The molecule has 2 nitrogen and oxygen atoms in total. The van der Waals surface area contributed by atoms with Crippen LogP contribution >= 0.6 is 0 Å². The third kappa shape index (κ3) is 2.94. The zero-order valence-corrected chi connectivity index (χ0v) is 15.4. The van der Waals surface area contributed by atoms with E-state index >= 15 is 0 Å². The molecule has 0 atom stereocenters. The van der Waals surface area contributed by atoms with Crippen molar-refractivity contribution in [3.05, 3.63) is 107 Å². The van der Waals surface area contributed by atoms with Crippen LogP contribution in [0, 0.1) is 0 Å². The fourth-order valence-electron chi connectivity index (χ4n) is 4.04. The lowest BCUT2D eigenvalue weighted by Gasteiger charge is -2.11. The summed E-state index contributed by atoms with van der Waals surface area (Å²) in [6.07, 6.45) is 9.05. The van der Waals surface area contributed by atoms with Crippen molar-refractivity contribution in [3.63, 3.8) is 0 Å². The summed E-state index contributed by atoms with van der Waals surface area (Å²) in [7, 11) is 0. The summed E-state index contributed by atoms with van der Waals surface area (Å²) in [5, 5.41) is 5.02. The van der Waals surface area contributed by atoms with Crippen LogP contribution in [0.2, 0.25) is 0 Å². The fraction of sp³-hybridized carbons (Fsp3) is 0.0385. The topological polar surface area (TPSA) is 48.6 Å². The minimum absolute atomic E-state index is 0. The minimum Gasteiger partial charge on any atom is -0.412 e. The highest BCUT2D eigenvalue weighted by molar-refractivity contribution is 6.19. The monoisotopic (exact) mass is 364 g/mol. The molecule has 0 fully saturated rings. The molecule has 0 unspecified atom stereocenters. The predicted octanol–water partition coefficient (Wildman–Crippen LogP) is 5.63. The van der Waals surface area contributed by atoms with E-state index in [1.54, 1.807) is 6.08 Å². The van der Waals surface area contributed by atoms with Gasteiger partial charge in [0.25, 0.3) is 0 Å². The van der Waals surface area contributed by atoms with Crippen LogP contribution in [0.1, 0.15) is 27.0 Å². The van der Waals surface area contributed by atoms with E-state index in [0.717, 1.165) is 28.3 Å². The molecule has 2 N–H and O–H groups in total. The fourth-order valence-corrected chi connectivity index (χ4v) is 4.04. The second-order valence-corrected chi connectivity index (χ2v) is 6.92. The van der Waals surface area contributed by atoms with Crippen LogP contribution in [0.25, 0.3) is 33.7 Å². The van der Waals surface area contributed by atoms with Gasteiger partial charge in [-0.2, -0.15) is 0 Å². The smallest absolute Gasteiger partial charge is 0.186 e. The van der Waals surface area contributed by atoms with E-state index in [-0.39, 0.29) is 11.3 Å². The maximum absolute atomic E-state index is 11.6. The summed E-state index contributed by atoms with van der Waals surface area (Å²) in [6, 6.07) is 25.0. The molecule has 2 aliphatic carbocycles. The molecule has 2 aliphatic rings. The number of carbonyl (C=O) groups is 1. The lowest BCUT2D eigenvalue weighted by Crippen LogP contribution is -2.00. The Morgan fingerprint density at radius 1 is 0.607 bits per heavy atom. The second kappa shape index (κ2) is 7.26. The molecule has 2 heteroatoms. The van der Waals surface area contributed by atoms with Crippen LogP contribution < -0.4 is 0 Å². The van der Waals surface area contributed by atoms with Gasteiger partial charge in [0.05, 0.1) is 0 Å². The highest BCUT2D eigenvalue weighted by Crippen LogP contribution is 2.28. The van der Waals surface area contributed by atoms with E-state index in [2.05, 4.69) is 48.6 Å². The van der Waals surface area contributed by atoms with Crippen molar-refractivity contribution in [1.29, 1.82) is 0 Å². The average Bonchev–Trinajstić information content (AvgIpc) is 2.72. The molecule has 136 valence electrons. The Labute approximate surface area is 163 Å².